The van der Waals surface area contributed by atoms with Crippen molar-refractivity contribution >= 4 is 56.6 Å². The highest BCUT2D eigenvalue weighted by molar-refractivity contribution is 9.09. The second-order valence-electron chi connectivity index (χ2n) is 9.80. The molecule has 2 bridgehead atoms. The Bertz CT molecular complexity index is 1180. The van der Waals surface area contributed by atoms with Gasteiger partial charge in [-0.2, -0.15) is 0 Å². The second kappa shape index (κ2) is 10.7. The molecular formula is C27H29BrClN3O5. The fourth-order valence-electron chi connectivity index (χ4n) is 6.05. The lowest BCUT2D eigenvalue weighted by Gasteiger charge is -2.34. The van der Waals surface area contributed by atoms with E-state index in [0.717, 1.165) is 0 Å². The number of carbonyl (C=O) groups is 3. The van der Waals surface area contributed by atoms with Gasteiger partial charge in [0.2, 0.25) is 17.7 Å². The Morgan fingerprint density at radius 3 is 2.51 bits per heavy atom. The van der Waals surface area contributed by atoms with Crippen molar-refractivity contribution in [3.05, 3.63) is 59.6 Å². The van der Waals surface area contributed by atoms with Crippen LogP contribution in [-0.2, 0) is 19.1 Å². The summed E-state index contributed by atoms with van der Waals surface area (Å²) in [7, 11) is 0. The third-order valence-corrected chi connectivity index (χ3v) is 8.74. The molecule has 3 fully saturated rings. The van der Waals surface area contributed by atoms with E-state index in [1.54, 1.807) is 41.3 Å². The number of rotatable bonds is 9. The predicted molar refractivity (Wildman–Crippen MR) is 144 cm³/mol. The Balaban J connectivity index is 1.47. The summed E-state index contributed by atoms with van der Waals surface area (Å²) in [6.07, 6.45) is 1.82. The fourth-order valence-corrected chi connectivity index (χ4v) is 7.18. The van der Waals surface area contributed by atoms with E-state index in [0.29, 0.717) is 48.6 Å². The molecule has 3 heterocycles. The summed E-state index contributed by atoms with van der Waals surface area (Å²) >= 11 is 9.97. The standard InChI is InChI=1S/C27H29BrClN3O5/c28-17-15-27-21(20(22(17)37-27)24(34)30-16-9-3-1-4-10-16)26(36)32(13-7-2-8-14-33)23(27)25(35)31-19-12-6-5-11-18(19)29/h1,3-6,9-12,17,20-23,33H,2,7-8,13-15H2,(H,30,34)(H,31,35)/t17?,20-,21+,22-,23?,27?/m1/s1. The normalized spacial score (nSPS) is 29.9. The molecule has 3 N–H and O–H groups in total. The van der Waals surface area contributed by atoms with Crippen molar-refractivity contribution in [1.82, 2.24) is 4.90 Å². The zero-order valence-electron chi connectivity index (χ0n) is 20.1. The van der Waals surface area contributed by atoms with Crippen molar-refractivity contribution < 1.29 is 24.2 Å². The van der Waals surface area contributed by atoms with E-state index in [-0.39, 0.29) is 23.2 Å². The van der Waals surface area contributed by atoms with Gasteiger partial charge in [-0.3, -0.25) is 14.4 Å². The van der Waals surface area contributed by atoms with Gasteiger partial charge in [-0.25, -0.2) is 0 Å². The van der Waals surface area contributed by atoms with E-state index < -0.39 is 35.5 Å². The maximum Gasteiger partial charge on any atom is 0.250 e. The van der Waals surface area contributed by atoms with Crippen LogP contribution < -0.4 is 10.6 Å². The highest BCUT2D eigenvalue weighted by Crippen LogP contribution is 2.60. The molecule has 3 aliphatic rings. The molecule has 1 spiro atoms. The number of amides is 3. The lowest BCUT2D eigenvalue weighted by molar-refractivity contribution is -0.139. The number of nitrogens with one attached hydrogen (secondary N) is 2. The molecule has 3 unspecified atom stereocenters. The third-order valence-electron chi connectivity index (χ3n) is 7.57. The summed E-state index contributed by atoms with van der Waals surface area (Å²) in [4.78, 5) is 42.7. The van der Waals surface area contributed by atoms with Gasteiger partial charge in [-0.05, 0) is 49.9 Å². The van der Waals surface area contributed by atoms with Crippen LogP contribution in [-0.4, -0.2) is 63.5 Å². The van der Waals surface area contributed by atoms with E-state index in [1.165, 1.54) is 0 Å². The van der Waals surface area contributed by atoms with Crippen molar-refractivity contribution in [2.75, 3.05) is 23.8 Å². The third kappa shape index (κ3) is 4.67. The van der Waals surface area contributed by atoms with Crippen LogP contribution in [0.4, 0.5) is 11.4 Å². The Morgan fingerprint density at radius 1 is 1.05 bits per heavy atom. The SMILES string of the molecule is O=C(Nc1ccccc1Cl)C1N(CCCCCO)C(=O)[C@@H]2[C@@H](C(=O)Nc3ccccc3)[C@@H]3OC12CC3Br. The molecule has 2 aromatic rings. The Labute approximate surface area is 228 Å². The number of hydrogen-bond acceptors (Lipinski definition) is 5. The van der Waals surface area contributed by atoms with E-state index in [2.05, 4.69) is 26.6 Å². The molecular weight excluding hydrogens is 562 g/mol. The summed E-state index contributed by atoms with van der Waals surface area (Å²) in [5.74, 6) is -2.47. The number of unbranched alkanes of at least 4 members (excludes halogenated alkanes) is 2. The van der Waals surface area contributed by atoms with Gasteiger partial charge in [0.15, 0.2) is 0 Å². The van der Waals surface area contributed by atoms with Crippen LogP contribution in [0.2, 0.25) is 5.02 Å². The lowest BCUT2D eigenvalue weighted by atomic mass is 9.70. The number of para-hydroxylation sites is 2. The zero-order valence-corrected chi connectivity index (χ0v) is 22.5. The molecule has 6 atom stereocenters. The van der Waals surface area contributed by atoms with Gasteiger partial charge in [0.25, 0.3) is 0 Å². The molecule has 0 aromatic heterocycles. The molecule has 10 heteroatoms. The average molecular weight is 591 g/mol. The van der Waals surface area contributed by atoms with Gasteiger partial charge in [-0.1, -0.05) is 57.9 Å². The number of likely N-dealkylation sites (tertiary alicyclic amines) is 1. The quantitative estimate of drug-likeness (QED) is 0.304. The van der Waals surface area contributed by atoms with Crippen LogP contribution in [0.3, 0.4) is 0 Å². The average Bonchev–Trinajstić information content (AvgIpc) is 3.47. The lowest BCUT2D eigenvalue weighted by Crippen LogP contribution is -2.54. The Hall–Kier alpha value is -2.46. The van der Waals surface area contributed by atoms with Gasteiger partial charge < -0.3 is 25.4 Å². The van der Waals surface area contributed by atoms with E-state index in [9.17, 15) is 19.5 Å². The van der Waals surface area contributed by atoms with Gasteiger partial charge in [-0.15, -0.1) is 0 Å². The number of aliphatic hydroxyl groups excluding tert-OH is 1. The number of nitrogens with zero attached hydrogens (tertiary/aromatic N) is 1. The van der Waals surface area contributed by atoms with E-state index in [1.807, 2.05) is 18.2 Å². The number of hydrogen-bond donors (Lipinski definition) is 3. The van der Waals surface area contributed by atoms with E-state index >= 15 is 0 Å². The predicted octanol–water partition coefficient (Wildman–Crippen LogP) is 3.83. The summed E-state index contributed by atoms with van der Waals surface area (Å²) < 4.78 is 6.49. The number of aliphatic hydroxyl groups is 1. The number of halogens is 2. The number of benzene rings is 2. The molecule has 5 rings (SSSR count). The number of alkyl halides is 1. The Kier molecular flexibility index (Phi) is 7.58. The molecule has 37 heavy (non-hydrogen) atoms. The van der Waals surface area contributed by atoms with Gasteiger partial charge >= 0.3 is 0 Å². The zero-order chi connectivity index (χ0) is 26.2. The molecule has 3 amide bonds. The molecule has 8 nitrogen and oxygen atoms in total. The summed E-state index contributed by atoms with van der Waals surface area (Å²) in [6, 6.07) is 15.1. The van der Waals surface area contributed by atoms with Gasteiger partial charge in [0.05, 0.1) is 28.6 Å². The molecule has 0 saturated carbocycles. The first-order chi connectivity index (χ1) is 17.9. The van der Waals surface area contributed by atoms with Crippen molar-refractivity contribution in [1.29, 1.82) is 0 Å². The first-order valence-corrected chi connectivity index (χ1v) is 13.8. The maximum absolute atomic E-state index is 13.9. The largest absolute Gasteiger partial charge is 0.396 e. The van der Waals surface area contributed by atoms with Crippen LogP contribution in [0.1, 0.15) is 25.7 Å². The summed E-state index contributed by atoms with van der Waals surface area (Å²) in [6.45, 7) is 0.389. The van der Waals surface area contributed by atoms with Crippen LogP contribution >= 0.6 is 27.5 Å². The number of carbonyl (C=O) groups excluding carboxylic acids is 3. The first-order valence-electron chi connectivity index (χ1n) is 12.5. The van der Waals surface area contributed by atoms with Crippen molar-refractivity contribution in [2.45, 2.75) is 48.3 Å². The molecule has 196 valence electrons. The van der Waals surface area contributed by atoms with Crippen LogP contribution in [0, 0.1) is 11.8 Å². The summed E-state index contributed by atoms with van der Waals surface area (Å²) in [5.41, 5.74) is -0.0607. The smallest absolute Gasteiger partial charge is 0.250 e. The van der Waals surface area contributed by atoms with Crippen molar-refractivity contribution in [2.24, 2.45) is 11.8 Å². The number of ether oxygens (including phenoxy) is 1. The minimum Gasteiger partial charge on any atom is -0.396 e. The van der Waals surface area contributed by atoms with Gasteiger partial charge in [0, 0.05) is 23.7 Å². The Morgan fingerprint density at radius 2 is 1.78 bits per heavy atom. The molecule has 0 aliphatic carbocycles. The number of anilines is 2. The maximum atomic E-state index is 13.9. The molecule has 3 saturated heterocycles. The molecule has 3 aliphatic heterocycles. The minimum atomic E-state index is -1.14. The van der Waals surface area contributed by atoms with Gasteiger partial charge in [0.1, 0.15) is 11.6 Å². The molecule has 0 radical (unpaired) electrons. The topological polar surface area (TPSA) is 108 Å². The summed E-state index contributed by atoms with van der Waals surface area (Å²) in [5, 5.41) is 15.4. The van der Waals surface area contributed by atoms with Crippen LogP contribution in [0.15, 0.2) is 54.6 Å². The van der Waals surface area contributed by atoms with Crippen molar-refractivity contribution in [3.8, 4) is 0 Å². The first kappa shape index (κ1) is 26.2. The highest BCUT2D eigenvalue weighted by atomic mass is 79.9. The fraction of sp³-hybridized carbons (Fsp3) is 0.444. The molecule has 2 aromatic carbocycles. The second-order valence-corrected chi connectivity index (χ2v) is 11.4. The van der Waals surface area contributed by atoms with Crippen LogP contribution in [0.5, 0.6) is 0 Å². The number of fused-ring (bicyclic) bond motifs is 1. The van der Waals surface area contributed by atoms with E-state index in [4.69, 9.17) is 16.3 Å². The van der Waals surface area contributed by atoms with Crippen molar-refractivity contribution in [3.63, 3.8) is 0 Å². The monoisotopic (exact) mass is 589 g/mol. The highest BCUT2D eigenvalue weighted by Gasteiger charge is 2.76. The minimum absolute atomic E-state index is 0.0642. The van der Waals surface area contributed by atoms with Crippen LogP contribution in [0.25, 0.3) is 0 Å².